The maximum Gasteiger partial charge on any atom is 0.122 e. The summed E-state index contributed by atoms with van der Waals surface area (Å²) in [6.45, 7) is 2.98. The van der Waals surface area contributed by atoms with E-state index in [0.29, 0.717) is 5.92 Å². The maximum atomic E-state index is 6.37. The van der Waals surface area contributed by atoms with Gasteiger partial charge in [0.25, 0.3) is 0 Å². The smallest absolute Gasteiger partial charge is 0.122 e. The molecular formula is C18H22ClNO. The zero-order valence-electron chi connectivity index (χ0n) is 12.8. The van der Waals surface area contributed by atoms with Crippen molar-refractivity contribution in [2.24, 2.45) is 0 Å². The molecule has 21 heavy (non-hydrogen) atoms. The van der Waals surface area contributed by atoms with Crippen molar-refractivity contribution >= 4 is 11.6 Å². The Hall–Kier alpha value is -1.51. The van der Waals surface area contributed by atoms with E-state index in [1.807, 2.05) is 31.3 Å². The highest BCUT2D eigenvalue weighted by Crippen LogP contribution is 2.30. The number of nitrogens with one attached hydrogen (secondary N) is 1. The fourth-order valence-corrected chi connectivity index (χ4v) is 2.97. The number of hydrogen-bond acceptors (Lipinski definition) is 2. The van der Waals surface area contributed by atoms with Gasteiger partial charge in [0, 0.05) is 17.5 Å². The Morgan fingerprint density at radius 1 is 1.19 bits per heavy atom. The second-order valence-corrected chi connectivity index (χ2v) is 5.70. The van der Waals surface area contributed by atoms with Crippen molar-refractivity contribution in [1.29, 1.82) is 0 Å². The average Bonchev–Trinajstić information content (AvgIpc) is 2.48. The molecule has 0 heterocycles. The van der Waals surface area contributed by atoms with Crippen LogP contribution in [-0.4, -0.2) is 20.7 Å². The van der Waals surface area contributed by atoms with E-state index in [1.54, 1.807) is 7.11 Å². The van der Waals surface area contributed by atoms with Crippen molar-refractivity contribution in [3.05, 3.63) is 64.2 Å². The predicted molar refractivity (Wildman–Crippen MR) is 89.6 cm³/mol. The minimum absolute atomic E-state index is 0.319. The van der Waals surface area contributed by atoms with E-state index in [1.165, 1.54) is 16.7 Å². The van der Waals surface area contributed by atoms with Crippen LogP contribution in [-0.2, 0) is 6.42 Å². The van der Waals surface area contributed by atoms with Crippen LogP contribution in [0.3, 0.4) is 0 Å². The molecule has 0 aromatic heterocycles. The third-order valence-electron chi connectivity index (χ3n) is 3.70. The van der Waals surface area contributed by atoms with Crippen LogP contribution in [0.15, 0.2) is 42.5 Å². The van der Waals surface area contributed by atoms with E-state index in [-0.39, 0.29) is 0 Å². The molecular weight excluding hydrogens is 282 g/mol. The molecule has 1 atom stereocenters. The Balaban J connectivity index is 2.33. The molecule has 0 saturated heterocycles. The molecule has 2 nitrogen and oxygen atoms in total. The van der Waals surface area contributed by atoms with Crippen molar-refractivity contribution in [2.45, 2.75) is 19.3 Å². The van der Waals surface area contributed by atoms with Crippen LogP contribution in [0.2, 0.25) is 5.02 Å². The molecule has 0 aliphatic carbocycles. The Bertz CT molecular complexity index is 598. The van der Waals surface area contributed by atoms with Gasteiger partial charge in [-0.3, -0.25) is 0 Å². The quantitative estimate of drug-likeness (QED) is 0.863. The van der Waals surface area contributed by atoms with Gasteiger partial charge in [0.15, 0.2) is 0 Å². The number of ether oxygens (including phenoxy) is 1. The number of hydrogen-bond donors (Lipinski definition) is 1. The first-order chi connectivity index (χ1) is 10.2. The minimum Gasteiger partial charge on any atom is -0.496 e. The number of likely N-dealkylation sites (N-methyl/N-ethyl adjacent to an activating group) is 1. The SMILES string of the molecule is CNCC(Cc1cc(C)ccc1OC)c1ccccc1Cl. The molecule has 0 radical (unpaired) electrons. The summed E-state index contributed by atoms with van der Waals surface area (Å²) in [5, 5.41) is 4.09. The highest BCUT2D eigenvalue weighted by Gasteiger charge is 2.16. The standard InChI is InChI=1S/C18H22ClNO/c1-13-8-9-18(21-3)14(10-13)11-15(12-20-2)16-6-4-5-7-17(16)19/h4-10,15,20H,11-12H2,1-3H3. The monoisotopic (exact) mass is 303 g/mol. The van der Waals surface area contributed by atoms with E-state index in [9.17, 15) is 0 Å². The van der Waals surface area contributed by atoms with Crippen LogP contribution < -0.4 is 10.1 Å². The lowest BCUT2D eigenvalue weighted by molar-refractivity contribution is 0.407. The summed E-state index contributed by atoms with van der Waals surface area (Å²) in [4.78, 5) is 0. The highest BCUT2D eigenvalue weighted by molar-refractivity contribution is 6.31. The molecule has 0 spiro atoms. The Labute approximate surface area is 132 Å². The van der Waals surface area contributed by atoms with E-state index in [4.69, 9.17) is 16.3 Å². The third kappa shape index (κ3) is 3.99. The maximum absolute atomic E-state index is 6.37. The Kier molecular flexibility index (Phi) is 5.66. The van der Waals surface area contributed by atoms with Crippen molar-refractivity contribution in [3.8, 4) is 5.75 Å². The lowest BCUT2D eigenvalue weighted by Gasteiger charge is -2.20. The van der Waals surface area contributed by atoms with Crippen LogP contribution in [0.1, 0.15) is 22.6 Å². The lowest BCUT2D eigenvalue weighted by atomic mass is 9.91. The molecule has 0 amide bonds. The summed E-state index contributed by atoms with van der Waals surface area (Å²) in [6, 6.07) is 14.4. The first-order valence-electron chi connectivity index (χ1n) is 7.18. The summed E-state index contributed by atoms with van der Waals surface area (Å²) in [5.41, 5.74) is 3.64. The van der Waals surface area contributed by atoms with Gasteiger partial charge in [-0.2, -0.15) is 0 Å². The lowest BCUT2D eigenvalue weighted by Crippen LogP contribution is -2.19. The Morgan fingerprint density at radius 2 is 1.95 bits per heavy atom. The minimum atomic E-state index is 0.319. The summed E-state index contributed by atoms with van der Waals surface area (Å²) in [6.07, 6.45) is 0.898. The van der Waals surface area contributed by atoms with Gasteiger partial charge in [-0.15, -0.1) is 0 Å². The fraction of sp³-hybridized carbons (Fsp3) is 0.333. The largest absolute Gasteiger partial charge is 0.496 e. The van der Waals surface area contributed by atoms with Gasteiger partial charge >= 0.3 is 0 Å². The molecule has 3 heteroatoms. The summed E-state index contributed by atoms with van der Waals surface area (Å²) < 4.78 is 5.49. The van der Waals surface area contributed by atoms with Crippen molar-refractivity contribution in [3.63, 3.8) is 0 Å². The van der Waals surface area contributed by atoms with Gasteiger partial charge in [-0.05, 0) is 43.7 Å². The number of aryl methyl sites for hydroxylation is 1. The Morgan fingerprint density at radius 3 is 2.62 bits per heavy atom. The van der Waals surface area contributed by atoms with Crippen molar-refractivity contribution in [2.75, 3.05) is 20.7 Å². The molecule has 112 valence electrons. The molecule has 0 aliphatic rings. The fourth-order valence-electron chi connectivity index (χ4n) is 2.68. The average molecular weight is 304 g/mol. The van der Waals surface area contributed by atoms with E-state index >= 15 is 0 Å². The number of methoxy groups -OCH3 is 1. The van der Waals surface area contributed by atoms with Crippen LogP contribution in [0, 0.1) is 6.92 Å². The molecule has 0 saturated carbocycles. The van der Waals surface area contributed by atoms with Gasteiger partial charge in [0.1, 0.15) is 5.75 Å². The summed E-state index contributed by atoms with van der Waals surface area (Å²) in [7, 11) is 3.69. The van der Waals surface area contributed by atoms with E-state index < -0.39 is 0 Å². The van der Waals surface area contributed by atoms with Gasteiger partial charge in [-0.25, -0.2) is 0 Å². The molecule has 0 bridgehead atoms. The van der Waals surface area contributed by atoms with Gasteiger partial charge in [-0.1, -0.05) is 47.5 Å². The first kappa shape index (κ1) is 15.9. The van der Waals surface area contributed by atoms with Gasteiger partial charge in [0.2, 0.25) is 0 Å². The normalized spacial score (nSPS) is 12.2. The summed E-state index contributed by atoms with van der Waals surface area (Å²) >= 11 is 6.37. The van der Waals surface area contributed by atoms with Crippen LogP contribution in [0.5, 0.6) is 5.75 Å². The predicted octanol–water partition coefficient (Wildman–Crippen LogP) is 4.20. The first-order valence-corrected chi connectivity index (χ1v) is 7.56. The second-order valence-electron chi connectivity index (χ2n) is 5.30. The molecule has 2 rings (SSSR count). The molecule has 1 unspecified atom stereocenters. The third-order valence-corrected chi connectivity index (χ3v) is 4.04. The van der Waals surface area contributed by atoms with Gasteiger partial charge in [0.05, 0.1) is 7.11 Å². The molecule has 0 fully saturated rings. The van der Waals surface area contributed by atoms with Crippen molar-refractivity contribution in [1.82, 2.24) is 5.32 Å². The number of benzene rings is 2. The van der Waals surface area contributed by atoms with E-state index in [2.05, 4.69) is 30.4 Å². The molecule has 0 aliphatic heterocycles. The highest BCUT2D eigenvalue weighted by atomic mass is 35.5. The topological polar surface area (TPSA) is 21.3 Å². The van der Waals surface area contributed by atoms with Crippen LogP contribution in [0.4, 0.5) is 0 Å². The van der Waals surface area contributed by atoms with Crippen molar-refractivity contribution < 1.29 is 4.74 Å². The molecule has 2 aromatic rings. The number of rotatable bonds is 6. The van der Waals surface area contributed by atoms with Crippen LogP contribution in [0.25, 0.3) is 0 Å². The zero-order chi connectivity index (χ0) is 15.2. The molecule has 2 aromatic carbocycles. The van der Waals surface area contributed by atoms with E-state index in [0.717, 1.165) is 23.7 Å². The van der Waals surface area contributed by atoms with Gasteiger partial charge < -0.3 is 10.1 Å². The number of halogens is 1. The second kappa shape index (κ2) is 7.48. The van der Waals surface area contributed by atoms with Crippen LogP contribution >= 0.6 is 11.6 Å². The summed E-state index contributed by atoms with van der Waals surface area (Å²) in [5.74, 6) is 1.26. The molecule has 1 N–H and O–H groups in total. The zero-order valence-corrected chi connectivity index (χ0v) is 13.6.